The number of ether oxygens (including phenoxy) is 3. The summed E-state index contributed by atoms with van der Waals surface area (Å²) in [5.74, 6) is 7.44. The monoisotopic (exact) mass is 788 g/mol. The van der Waals surface area contributed by atoms with Crippen LogP contribution in [0, 0.1) is 71.0 Å². The second-order valence-electron chi connectivity index (χ2n) is 21.5. The molecule has 0 heterocycles. The van der Waals surface area contributed by atoms with Crippen LogP contribution in [-0.2, 0) is 33.4 Å². The molecule has 0 amide bonds. The number of hydrogen-bond acceptors (Lipinski definition) is 8. The summed E-state index contributed by atoms with van der Waals surface area (Å²) >= 11 is 5.36. The zero-order valence-electron chi connectivity index (χ0n) is 34.9. The van der Waals surface area contributed by atoms with Gasteiger partial charge in [-0.05, 0) is 201 Å². The SMILES string of the molecule is CC(C)(C)OC(=O)CC(O)C1CC2CCC1C2.CC(C)(C)OC(=O)CC(OC(=O)CC1CC2CCC1C2)C1CC2CCC1C2.O=C(Cl)CC1CC2CCC1C2. The van der Waals surface area contributed by atoms with Crippen molar-refractivity contribution >= 4 is 34.8 Å². The highest BCUT2D eigenvalue weighted by atomic mass is 35.5. The highest BCUT2D eigenvalue weighted by Gasteiger charge is 2.47. The van der Waals surface area contributed by atoms with Crippen LogP contribution >= 0.6 is 11.6 Å². The molecule has 8 saturated carbocycles. The Morgan fingerprint density at radius 1 is 0.545 bits per heavy atom. The first-order valence-corrected chi connectivity index (χ1v) is 22.7. The molecule has 0 aromatic heterocycles. The summed E-state index contributed by atoms with van der Waals surface area (Å²) in [6.07, 6.45) is 21.1. The average Bonchev–Trinajstić information content (AvgIpc) is 3.94. The van der Waals surface area contributed by atoms with Gasteiger partial charge in [0.25, 0.3) is 0 Å². The molecule has 1 N–H and O–H groups in total. The van der Waals surface area contributed by atoms with Gasteiger partial charge in [0.1, 0.15) is 17.3 Å². The van der Waals surface area contributed by atoms with Gasteiger partial charge in [0.2, 0.25) is 5.24 Å². The number of aliphatic hydroxyl groups excluding tert-OH is 1. The van der Waals surface area contributed by atoms with Crippen LogP contribution in [0.5, 0.6) is 0 Å². The molecule has 0 spiro atoms. The van der Waals surface area contributed by atoms with Gasteiger partial charge in [-0.15, -0.1) is 0 Å². The summed E-state index contributed by atoms with van der Waals surface area (Å²) in [7, 11) is 0. The number of esters is 3. The quantitative estimate of drug-likeness (QED) is 0.125. The van der Waals surface area contributed by atoms with Crippen LogP contribution in [0.15, 0.2) is 0 Å². The first kappa shape index (κ1) is 42.9. The molecule has 312 valence electrons. The average molecular weight is 790 g/mol. The Kier molecular flexibility index (Phi) is 14.1. The lowest BCUT2D eigenvalue weighted by atomic mass is 9.83. The zero-order valence-corrected chi connectivity index (χ0v) is 35.7. The predicted octanol–water partition coefficient (Wildman–Crippen LogP) is 9.99. The van der Waals surface area contributed by atoms with E-state index in [1.165, 1.54) is 89.9 Å². The van der Waals surface area contributed by atoms with Crippen LogP contribution in [0.3, 0.4) is 0 Å². The van der Waals surface area contributed by atoms with Crippen molar-refractivity contribution in [2.45, 2.75) is 193 Å². The summed E-state index contributed by atoms with van der Waals surface area (Å²) < 4.78 is 16.8. The Bertz CT molecular complexity index is 1350. The fraction of sp³-hybridized carbons (Fsp3) is 0.913. The molecule has 8 fully saturated rings. The Hall–Kier alpha value is -1.67. The van der Waals surface area contributed by atoms with E-state index in [0.29, 0.717) is 48.3 Å². The van der Waals surface area contributed by atoms with Gasteiger partial charge in [-0.2, -0.15) is 0 Å². The lowest BCUT2D eigenvalue weighted by Gasteiger charge is -2.31. The smallest absolute Gasteiger partial charge is 0.310 e. The summed E-state index contributed by atoms with van der Waals surface area (Å²) in [6, 6.07) is 0. The van der Waals surface area contributed by atoms with Crippen molar-refractivity contribution in [1.82, 2.24) is 0 Å². The zero-order chi connectivity index (χ0) is 39.7. The molecule has 8 bridgehead atoms. The minimum atomic E-state index is -0.500. The molecule has 0 aliphatic heterocycles. The van der Waals surface area contributed by atoms with Crippen LogP contribution in [0.4, 0.5) is 0 Å². The number of halogens is 1. The second kappa shape index (κ2) is 18.1. The van der Waals surface area contributed by atoms with E-state index in [9.17, 15) is 24.3 Å². The number of aliphatic hydroxyl groups is 1. The highest BCUT2D eigenvalue weighted by molar-refractivity contribution is 6.63. The van der Waals surface area contributed by atoms with E-state index in [-0.39, 0.29) is 42.1 Å². The molecule has 9 heteroatoms. The van der Waals surface area contributed by atoms with Crippen molar-refractivity contribution in [2.24, 2.45) is 71.0 Å². The van der Waals surface area contributed by atoms with Crippen LogP contribution in [0.2, 0.25) is 0 Å². The van der Waals surface area contributed by atoms with Crippen molar-refractivity contribution in [3.8, 4) is 0 Å². The largest absolute Gasteiger partial charge is 0.461 e. The molecule has 0 radical (unpaired) electrons. The van der Waals surface area contributed by atoms with Gasteiger partial charge in [0, 0.05) is 12.8 Å². The highest BCUT2D eigenvalue weighted by Crippen LogP contribution is 2.53. The lowest BCUT2D eigenvalue weighted by molar-refractivity contribution is -0.166. The fourth-order valence-electron chi connectivity index (χ4n) is 12.9. The maximum atomic E-state index is 12.7. The summed E-state index contributed by atoms with van der Waals surface area (Å²) in [5, 5.41) is 10.0. The number of carbonyl (C=O) groups excluding carboxylic acids is 4. The summed E-state index contributed by atoms with van der Waals surface area (Å²) in [4.78, 5) is 47.5. The Morgan fingerprint density at radius 2 is 0.964 bits per heavy atom. The van der Waals surface area contributed by atoms with Crippen molar-refractivity contribution in [2.75, 3.05) is 0 Å². The minimum absolute atomic E-state index is 0.0797. The van der Waals surface area contributed by atoms with E-state index >= 15 is 0 Å². The van der Waals surface area contributed by atoms with Crippen LogP contribution in [-0.4, -0.2) is 51.7 Å². The van der Waals surface area contributed by atoms with E-state index < -0.39 is 17.3 Å². The van der Waals surface area contributed by atoms with Crippen LogP contribution in [0.25, 0.3) is 0 Å². The molecule has 0 saturated heterocycles. The molecule has 0 aromatic rings. The van der Waals surface area contributed by atoms with Gasteiger partial charge in [-0.1, -0.05) is 25.7 Å². The van der Waals surface area contributed by atoms with Gasteiger partial charge in [0.15, 0.2) is 0 Å². The maximum Gasteiger partial charge on any atom is 0.310 e. The molecule has 8 nitrogen and oxygen atoms in total. The molecule has 8 aliphatic rings. The first-order valence-electron chi connectivity index (χ1n) is 22.4. The van der Waals surface area contributed by atoms with Crippen LogP contribution < -0.4 is 0 Å². The molecular weight excluding hydrogens is 716 g/mol. The predicted molar refractivity (Wildman–Crippen MR) is 213 cm³/mol. The second-order valence-corrected chi connectivity index (χ2v) is 21.9. The number of hydrogen-bond donors (Lipinski definition) is 1. The van der Waals surface area contributed by atoms with Gasteiger partial charge in [0.05, 0.1) is 18.9 Å². The van der Waals surface area contributed by atoms with E-state index in [0.717, 1.165) is 48.3 Å². The third-order valence-electron chi connectivity index (χ3n) is 15.0. The third-order valence-corrected chi connectivity index (χ3v) is 15.2. The van der Waals surface area contributed by atoms with E-state index in [4.69, 9.17) is 25.8 Å². The molecular formula is C46H73ClO8. The normalized spacial score (nSPS) is 37.5. The molecule has 55 heavy (non-hydrogen) atoms. The standard InChI is InChI=1S/C23H36O4.C14H24O3.C9H13ClO/c1-23(2,3)27-22(25)13-20(19-11-15-5-7-17(19)9-15)26-21(24)12-18-10-14-4-6-16(18)8-14;1-14(2,3)17-13(16)8-12(15)11-7-9-4-5-10(11)6-9;10-9(11)5-8-4-6-1-2-7(8)3-6/h14-20H,4-13H2,1-3H3;9-12,15H,4-8H2,1-3H3;6-8H,1-5H2. The molecule has 8 aliphatic carbocycles. The Balaban J connectivity index is 0.000000156. The number of carbonyl (C=O) groups is 4. The molecule has 14 unspecified atom stereocenters. The molecule has 0 aromatic carbocycles. The summed E-state index contributed by atoms with van der Waals surface area (Å²) in [6.45, 7) is 11.2. The van der Waals surface area contributed by atoms with E-state index in [2.05, 4.69) is 0 Å². The Morgan fingerprint density at radius 3 is 1.35 bits per heavy atom. The van der Waals surface area contributed by atoms with Gasteiger partial charge in [-0.3, -0.25) is 19.2 Å². The van der Waals surface area contributed by atoms with Crippen molar-refractivity contribution < 1.29 is 38.5 Å². The lowest BCUT2D eigenvalue weighted by Crippen LogP contribution is -2.35. The first-order chi connectivity index (χ1) is 25.9. The van der Waals surface area contributed by atoms with Crippen molar-refractivity contribution in [3.63, 3.8) is 0 Å². The molecule has 8 rings (SSSR count). The topological polar surface area (TPSA) is 116 Å². The minimum Gasteiger partial charge on any atom is -0.461 e. The van der Waals surface area contributed by atoms with E-state index in [1.807, 2.05) is 41.5 Å². The number of rotatable bonds is 11. The fourth-order valence-corrected chi connectivity index (χ4v) is 13.1. The van der Waals surface area contributed by atoms with Gasteiger partial charge >= 0.3 is 17.9 Å². The molecule has 14 atom stereocenters. The third kappa shape index (κ3) is 12.2. The summed E-state index contributed by atoms with van der Waals surface area (Å²) in [5.41, 5.74) is -0.950. The van der Waals surface area contributed by atoms with Gasteiger partial charge < -0.3 is 19.3 Å². The van der Waals surface area contributed by atoms with Gasteiger partial charge in [-0.25, -0.2) is 0 Å². The van der Waals surface area contributed by atoms with E-state index in [1.54, 1.807) is 0 Å². The number of fused-ring (bicyclic) bond motifs is 8. The Labute approximate surface area is 336 Å². The maximum absolute atomic E-state index is 12.7. The van der Waals surface area contributed by atoms with Crippen LogP contribution in [0.1, 0.15) is 170 Å². The van der Waals surface area contributed by atoms with Crippen molar-refractivity contribution in [3.05, 3.63) is 0 Å². The van der Waals surface area contributed by atoms with Crippen molar-refractivity contribution in [1.29, 1.82) is 0 Å².